The maximum atomic E-state index is 11.8. The largest absolute Gasteiger partial charge is 0.368 e. The minimum Gasteiger partial charge on any atom is -0.368 e. The van der Waals surface area contributed by atoms with E-state index >= 15 is 0 Å². The number of carbonyl (C=O) groups excluding carboxylic acids is 1. The van der Waals surface area contributed by atoms with Crippen LogP contribution in [0.4, 0.5) is 5.82 Å². The van der Waals surface area contributed by atoms with Crippen LogP contribution in [0.25, 0.3) is 5.82 Å². The van der Waals surface area contributed by atoms with E-state index < -0.39 is 0 Å². The van der Waals surface area contributed by atoms with Gasteiger partial charge in [-0.25, -0.2) is 14.6 Å². The first kappa shape index (κ1) is 16.4. The molecule has 3 rings (SSSR count). The van der Waals surface area contributed by atoms with Crippen molar-refractivity contribution in [1.29, 1.82) is 0 Å². The zero-order chi connectivity index (χ0) is 16.9. The van der Waals surface area contributed by atoms with Crippen LogP contribution in [0.2, 0.25) is 0 Å². The molecule has 0 aromatic carbocycles. The highest BCUT2D eigenvalue weighted by Gasteiger charge is 2.22. The van der Waals surface area contributed by atoms with Crippen LogP contribution in [0.5, 0.6) is 0 Å². The lowest BCUT2D eigenvalue weighted by Gasteiger charge is -2.11. The van der Waals surface area contributed by atoms with Crippen LogP contribution in [0.1, 0.15) is 24.2 Å². The molecule has 2 aromatic heterocycles. The SMILES string of the molecule is Cc1cc(C)n(-c2cc(NCCNC(=O)C3CCCO3)ncn2)n1. The minimum absolute atomic E-state index is 0.0414. The smallest absolute Gasteiger partial charge is 0.249 e. The number of aryl methyl sites for hydroxylation is 2. The summed E-state index contributed by atoms with van der Waals surface area (Å²) in [6.07, 6.45) is 2.96. The number of carbonyl (C=O) groups is 1. The first-order valence-corrected chi connectivity index (χ1v) is 8.12. The number of aromatic nitrogens is 4. The average molecular weight is 330 g/mol. The van der Waals surface area contributed by atoms with Gasteiger partial charge in [0.2, 0.25) is 5.91 Å². The van der Waals surface area contributed by atoms with Crippen LogP contribution in [0.3, 0.4) is 0 Å². The van der Waals surface area contributed by atoms with Crippen molar-refractivity contribution in [2.75, 3.05) is 25.0 Å². The normalized spacial score (nSPS) is 17.0. The monoisotopic (exact) mass is 330 g/mol. The van der Waals surface area contributed by atoms with Crippen LogP contribution in [0.15, 0.2) is 18.5 Å². The van der Waals surface area contributed by atoms with Crippen molar-refractivity contribution >= 4 is 11.7 Å². The van der Waals surface area contributed by atoms with Gasteiger partial charge >= 0.3 is 0 Å². The summed E-state index contributed by atoms with van der Waals surface area (Å²) in [4.78, 5) is 20.3. The Morgan fingerprint density at radius 1 is 1.33 bits per heavy atom. The molecule has 0 radical (unpaired) electrons. The van der Waals surface area contributed by atoms with E-state index in [0.717, 1.165) is 24.2 Å². The van der Waals surface area contributed by atoms with E-state index in [1.807, 2.05) is 26.0 Å². The Balaban J connectivity index is 1.51. The van der Waals surface area contributed by atoms with Crippen LogP contribution in [-0.4, -0.2) is 51.5 Å². The standard InChI is InChI=1S/C16H22N6O2/c1-11-8-12(2)22(21-11)15-9-14(19-10-20-15)17-5-6-18-16(23)13-4-3-7-24-13/h8-10,13H,3-7H2,1-2H3,(H,18,23)(H,17,19,20). The second kappa shape index (κ2) is 7.39. The molecular weight excluding hydrogens is 308 g/mol. The van der Waals surface area contributed by atoms with Gasteiger partial charge in [0.05, 0.1) is 5.69 Å². The topological polar surface area (TPSA) is 94.0 Å². The highest BCUT2D eigenvalue weighted by molar-refractivity contribution is 5.80. The number of nitrogens with one attached hydrogen (secondary N) is 2. The van der Waals surface area contributed by atoms with Gasteiger partial charge < -0.3 is 15.4 Å². The number of hydrogen-bond donors (Lipinski definition) is 2. The lowest BCUT2D eigenvalue weighted by atomic mass is 10.2. The molecule has 1 aliphatic rings. The Morgan fingerprint density at radius 3 is 2.92 bits per heavy atom. The summed E-state index contributed by atoms with van der Waals surface area (Å²) in [6, 6.07) is 3.83. The third kappa shape index (κ3) is 3.88. The van der Waals surface area contributed by atoms with Gasteiger partial charge in [-0.05, 0) is 32.8 Å². The summed E-state index contributed by atoms with van der Waals surface area (Å²) < 4.78 is 7.12. The molecule has 1 amide bonds. The summed E-state index contributed by atoms with van der Waals surface area (Å²) >= 11 is 0. The average Bonchev–Trinajstić information content (AvgIpc) is 3.21. The molecule has 0 saturated carbocycles. The Labute approximate surface area is 140 Å². The molecule has 0 spiro atoms. The Hall–Kier alpha value is -2.48. The molecule has 8 nitrogen and oxygen atoms in total. The molecule has 2 aromatic rings. The predicted octanol–water partition coefficient (Wildman–Crippen LogP) is 0.986. The van der Waals surface area contributed by atoms with Gasteiger partial charge in [0, 0.05) is 31.5 Å². The van der Waals surface area contributed by atoms with Crippen molar-refractivity contribution in [2.45, 2.75) is 32.8 Å². The van der Waals surface area contributed by atoms with Gasteiger partial charge in [-0.1, -0.05) is 0 Å². The Kier molecular flexibility index (Phi) is 5.05. The Morgan fingerprint density at radius 2 is 2.21 bits per heavy atom. The van der Waals surface area contributed by atoms with Gasteiger partial charge in [-0.3, -0.25) is 4.79 Å². The van der Waals surface area contributed by atoms with E-state index in [9.17, 15) is 4.79 Å². The lowest BCUT2D eigenvalue weighted by Crippen LogP contribution is -2.36. The highest BCUT2D eigenvalue weighted by atomic mass is 16.5. The number of nitrogens with zero attached hydrogens (tertiary/aromatic N) is 4. The van der Waals surface area contributed by atoms with Crippen LogP contribution in [0, 0.1) is 13.8 Å². The van der Waals surface area contributed by atoms with E-state index in [0.29, 0.717) is 31.3 Å². The summed E-state index contributed by atoms with van der Waals surface area (Å²) in [7, 11) is 0. The van der Waals surface area contributed by atoms with Gasteiger partial charge in [0.1, 0.15) is 18.2 Å². The number of anilines is 1. The minimum atomic E-state index is -0.290. The number of hydrogen-bond acceptors (Lipinski definition) is 6. The number of rotatable bonds is 6. The fourth-order valence-corrected chi connectivity index (χ4v) is 2.69. The first-order chi connectivity index (χ1) is 11.6. The summed E-state index contributed by atoms with van der Waals surface area (Å²) in [5, 5.41) is 10.5. The fraction of sp³-hybridized carbons (Fsp3) is 0.500. The van der Waals surface area contributed by atoms with Gasteiger partial charge in [0.25, 0.3) is 0 Å². The maximum Gasteiger partial charge on any atom is 0.249 e. The first-order valence-electron chi connectivity index (χ1n) is 8.12. The van der Waals surface area contributed by atoms with Crippen molar-refractivity contribution in [3.8, 4) is 5.82 Å². The second-order valence-electron chi connectivity index (χ2n) is 5.82. The van der Waals surface area contributed by atoms with Crippen LogP contribution >= 0.6 is 0 Å². The van der Waals surface area contributed by atoms with Gasteiger partial charge in [0.15, 0.2) is 5.82 Å². The van der Waals surface area contributed by atoms with Crippen molar-refractivity contribution in [3.63, 3.8) is 0 Å². The molecule has 2 N–H and O–H groups in total. The zero-order valence-corrected chi connectivity index (χ0v) is 14.0. The fourth-order valence-electron chi connectivity index (χ4n) is 2.69. The van der Waals surface area contributed by atoms with Crippen molar-refractivity contribution in [1.82, 2.24) is 25.1 Å². The molecular formula is C16H22N6O2. The third-order valence-corrected chi connectivity index (χ3v) is 3.83. The maximum absolute atomic E-state index is 11.8. The zero-order valence-electron chi connectivity index (χ0n) is 14.0. The van der Waals surface area contributed by atoms with E-state index in [2.05, 4.69) is 25.7 Å². The molecule has 0 bridgehead atoms. The molecule has 1 fully saturated rings. The van der Waals surface area contributed by atoms with Crippen molar-refractivity contribution in [2.24, 2.45) is 0 Å². The quantitative estimate of drug-likeness (QED) is 0.767. The van der Waals surface area contributed by atoms with Crippen LogP contribution < -0.4 is 10.6 Å². The van der Waals surface area contributed by atoms with Gasteiger partial charge in [-0.2, -0.15) is 5.10 Å². The number of ether oxygens (including phenoxy) is 1. The second-order valence-corrected chi connectivity index (χ2v) is 5.82. The molecule has 1 aliphatic heterocycles. The van der Waals surface area contributed by atoms with Crippen molar-refractivity contribution in [3.05, 3.63) is 29.8 Å². The molecule has 1 unspecified atom stereocenters. The molecule has 8 heteroatoms. The Bertz CT molecular complexity index is 708. The predicted molar refractivity (Wildman–Crippen MR) is 89.1 cm³/mol. The lowest BCUT2D eigenvalue weighted by molar-refractivity contribution is -0.129. The molecule has 0 aliphatic carbocycles. The van der Waals surface area contributed by atoms with E-state index in [1.54, 1.807) is 4.68 Å². The molecule has 1 saturated heterocycles. The molecule has 3 heterocycles. The summed E-state index contributed by atoms with van der Waals surface area (Å²) in [6.45, 7) is 5.69. The van der Waals surface area contributed by atoms with Gasteiger partial charge in [-0.15, -0.1) is 0 Å². The number of amides is 1. The summed E-state index contributed by atoms with van der Waals surface area (Å²) in [5.74, 6) is 1.36. The highest BCUT2D eigenvalue weighted by Crippen LogP contribution is 2.13. The molecule has 1 atom stereocenters. The molecule has 128 valence electrons. The van der Waals surface area contributed by atoms with Crippen LogP contribution in [-0.2, 0) is 9.53 Å². The third-order valence-electron chi connectivity index (χ3n) is 3.83. The van der Waals surface area contributed by atoms with E-state index in [1.165, 1.54) is 6.33 Å². The summed E-state index contributed by atoms with van der Waals surface area (Å²) in [5.41, 5.74) is 1.96. The van der Waals surface area contributed by atoms with Crippen molar-refractivity contribution < 1.29 is 9.53 Å². The van der Waals surface area contributed by atoms with E-state index in [4.69, 9.17) is 4.74 Å². The van der Waals surface area contributed by atoms with E-state index in [-0.39, 0.29) is 12.0 Å². The molecule has 24 heavy (non-hydrogen) atoms.